The maximum absolute atomic E-state index is 12.7. The van der Waals surface area contributed by atoms with E-state index in [2.05, 4.69) is 10.6 Å². The summed E-state index contributed by atoms with van der Waals surface area (Å²) in [6.45, 7) is 0. The number of rotatable bonds is 4. The number of furan rings is 1. The van der Waals surface area contributed by atoms with Crippen molar-refractivity contribution in [2.45, 2.75) is 0 Å². The fourth-order valence-electron chi connectivity index (χ4n) is 3.78. The summed E-state index contributed by atoms with van der Waals surface area (Å²) in [6.07, 6.45) is 0. The molecule has 0 aliphatic carbocycles. The molecule has 0 atom stereocenters. The fourth-order valence-corrected chi connectivity index (χ4v) is 4.58. The molecule has 0 saturated heterocycles. The molecule has 3 aromatic carbocycles. The lowest BCUT2D eigenvalue weighted by atomic mass is 10.1. The van der Waals surface area contributed by atoms with Gasteiger partial charge in [0.15, 0.2) is 10.9 Å². The third-order valence-electron chi connectivity index (χ3n) is 5.50. The second-order valence-corrected chi connectivity index (χ2v) is 9.51. The quantitative estimate of drug-likeness (QED) is 0.206. The van der Waals surface area contributed by atoms with E-state index in [4.69, 9.17) is 51.4 Å². The van der Waals surface area contributed by atoms with E-state index in [9.17, 15) is 14.4 Å². The van der Waals surface area contributed by atoms with Gasteiger partial charge in [-0.05, 0) is 72.9 Å². The van der Waals surface area contributed by atoms with Gasteiger partial charge in [-0.2, -0.15) is 0 Å². The van der Waals surface area contributed by atoms with Crippen LogP contribution in [-0.4, -0.2) is 22.8 Å². The summed E-state index contributed by atoms with van der Waals surface area (Å²) in [6, 6.07) is 19.1. The van der Waals surface area contributed by atoms with Crippen molar-refractivity contribution in [2.24, 2.45) is 0 Å². The molecule has 7 nitrogen and oxygen atoms in total. The number of nitrogens with zero attached hydrogens (tertiary/aromatic N) is 1. The SMILES string of the molecule is O=C(NC(=S)Nc1ccc(N2C(=O)c3ccccc3C2=O)cc1Cl)c1ccc(-c2cc(Cl)ccc2Cl)o1. The Bertz CT molecular complexity index is 1580. The molecule has 2 N–H and O–H groups in total. The zero-order chi connectivity index (χ0) is 26.3. The Morgan fingerprint density at radius 1 is 0.811 bits per heavy atom. The summed E-state index contributed by atoms with van der Waals surface area (Å²) in [5.41, 5.74) is 1.86. The first-order chi connectivity index (χ1) is 17.7. The van der Waals surface area contributed by atoms with Crippen LogP contribution in [0.3, 0.4) is 0 Å². The van der Waals surface area contributed by atoms with Gasteiger partial charge in [0.2, 0.25) is 0 Å². The van der Waals surface area contributed by atoms with Crippen LogP contribution in [0.5, 0.6) is 0 Å². The highest BCUT2D eigenvalue weighted by molar-refractivity contribution is 7.80. The van der Waals surface area contributed by atoms with Gasteiger partial charge in [-0.1, -0.05) is 46.9 Å². The van der Waals surface area contributed by atoms with E-state index in [1.165, 1.54) is 12.1 Å². The largest absolute Gasteiger partial charge is 0.451 e. The lowest BCUT2D eigenvalue weighted by molar-refractivity contribution is 0.0922. The molecule has 1 aliphatic heterocycles. The van der Waals surface area contributed by atoms with E-state index in [0.29, 0.717) is 43.9 Å². The number of imide groups is 1. The van der Waals surface area contributed by atoms with E-state index in [1.807, 2.05) is 0 Å². The number of carbonyl (C=O) groups excluding carboxylic acids is 3. The maximum Gasteiger partial charge on any atom is 0.293 e. The Kier molecular flexibility index (Phi) is 6.74. The molecule has 0 unspecified atom stereocenters. The number of thiocarbonyl (C=S) groups is 1. The Morgan fingerprint density at radius 2 is 1.51 bits per heavy atom. The van der Waals surface area contributed by atoms with Crippen molar-refractivity contribution in [3.8, 4) is 11.3 Å². The average molecular weight is 571 g/mol. The molecule has 0 spiro atoms. The van der Waals surface area contributed by atoms with E-state index < -0.39 is 17.7 Å². The normalized spacial score (nSPS) is 12.5. The minimum atomic E-state index is -0.597. The van der Waals surface area contributed by atoms with Gasteiger partial charge in [-0.15, -0.1) is 0 Å². The van der Waals surface area contributed by atoms with Gasteiger partial charge in [-0.3, -0.25) is 19.7 Å². The van der Waals surface area contributed by atoms with Crippen LogP contribution in [0.1, 0.15) is 31.3 Å². The Balaban J connectivity index is 1.27. The van der Waals surface area contributed by atoms with Crippen molar-refractivity contribution in [3.63, 3.8) is 0 Å². The summed E-state index contributed by atoms with van der Waals surface area (Å²) >= 11 is 23.8. The number of halogens is 3. The van der Waals surface area contributed by atoms with Gasteiger partial charge in [0.05, 0.1) is 32.5 Å². The number of anilines is 2. The third-order valence-corrected chi connectivity index (χ3v) is 6.59. The minimum Gasteiger partial charge on any atom is -0.451 e. The molecule has 4 aromatic rings. The molecule has 5 rings (SSSR count). The van der Waals surface area contributed by atoms with Gasteiger partial charge < -0.3 is 9.73 Å². The molecule has 1 aliphatic rings. The standard InChI is InChI=1S/C26H14Cl3N3O4S/c27-13-5-7-18(28)17(11-13)21-9-10-22(36-21)23(33)31-26(37)30-20-8-6-14(12-19(20)29)32-24(34)15-3-1-2-4-16(15)25(32)35/h1-12H,(H2,30,31,33,37). The van der Waals surface area contributed by atoms with Gasteiger partial charge in [0.25, 0.3) is 17.7 Å². The van der Waals surface area contributed by atoms with Crippen molar-refractivity contribution < 1.29 is 18.8 Å². The Morgan fingerprint density at radius 3 is 2.19 bits per heavy atom. The number of hydrogen-bond acceptors (Lipinski definition) is 5. The summed E-state index contributed by atoms with van der Waals surface area (Å²) in [5.74, 6) is -1.10. The van der Waals surface area contributed by atoms with E-state index in [1.54, 1.807) is 60.7 Å². The first kappa shape index (κ1) is 25.0. The second-order valence-electron chi connectivity index (χ2n) is 7.85. The van der Waals surface area contributed by atoms with Crippen LogP contribution < -0.4 is 15.5 Å². The third kappa shape index (κ3) is 4.84. The van der Waals surface area contributed by atoms with Crippen LogP contribution in [0.4, 0.5) is 11.4 Å². The number of fused-ring (bicyclic) bond motifs is 1. The molecule has 0 bridgehead atoms. The molecule has 0 radical (unpaired) electrons. The molecule has 0 saturated carbocycles. The number of benzene rings is 3. The molecular weight excluding hydrogens is 557 g/mol. The predicted molar refractivity (Wildman–Crippen MR) is 147 cm³/mol. The summed E-state index contributed by atoms with van der Waals surface area (Å²) < 4.78 is 5.62. The van der Waals surface area contributed by atoms with Gasteiger partial charge in [-0.25, -0.2) is 4.90 Å². The van der Waals surface area contributed by atoms with E-state index in [-0.39, 0.29) is 15.9 Å². The summed E-state index contributed by atoms with van der Waals surface area (Å²) in [5, 5.41) is 6.36. The summed E-state index contributed by atoms with van der Waals surface area (Å²) in [7, 11) is 0. The molecular formula is C26H14Cl3N3O4S. The maximum atomic E-state index is 12.7. The first-order valence-corrected chi connectivity index (χ1v) is 12.2. The number of nitrogens with one attached hydrogen (secondary N) is 2. The molecule has 184 valence electrons. The number of carbonyl (C=O) groups is 3. The Hall–Kier alpha value is -3.69. The lowest BCUT2D eigenvalue weighted by Gasteiger charge is -2.16. The predicted octanol–water partition coefficient (Wildman–Crippen LogP) is 6.83. The number of hydrogen-bond donors (Lipinski definition) is 2. The molecule has 0 fully saturated rings. The summed E-state index contributed by atoms with van der Waals surface area (Å²) in [4.78, 5) is 39.1. The average Bonchev–Trinajstić information content (AvgIpc) is 3.46. The van der Waals surface area contributed by atoms with Crippen LogP contribution in [-0.2, 0) is 0 Å². The van der Waals surface area contributed by atoms with Crippen LogP contribution >= 0.6 is 47.0 Å². The highest BCUT2D eigenvalue weighted by atomic mass is 35.5. The van der Waals surface area contributed by atoms with Crippen molar-refractivity contribution in [3.05, 3.63) is 105 Å². The van der Waals surface area contributed by atoms with E-state index in [0.717, 1.165) is 4.90 Å². The van der Waals surface area contributed by atoms with Crippen molar-refractivity contribution in [1.29, 1.82) is 0 Å². The van der Waals surface area contributed by atoms with Gasteiger partial charge in [0, 0.05) is 10.6 Å². The Labute approximate surface area is 230 Å². The zero-order valence-corrected chi connectivity index (χ0v) is 21.6. The molecule has 37 heavy (non-hydrogen) atoms. The van der Waals surface area contributed by atoms with Crippen LogP contribution in [0, 0.1) is 0 Å². The topological polar surface area (TPSA) is 91.7 Å². The first-order valence-electron chi connectivity index (χ1n) is 10.7. The second kappa shape index (κ2) is 9.99. The van der Waals surface area contributed by atoms with Crippen LogP contribution in [0.25, 0.3) is 11.3 Å². The molecule has 3 amide bonds. The fraction of sp³-hybridized carbons (Fsp3) is 0. The molecule has 11 heteroatoms. The van der Waals surface area contributed by atoms with Crippen molar-refractivity contribution >= 4 is 81.2 Å². The minimum absolute atomic E-state index is 0.00209. The van der Waals surface area contributed by atoms with Gasteiger partial charge in [0.1, 0.15) is 5.76 Å². The van der Waals surface area contributed by atoms with Crippen molar-refractivity contribution in [1.82, 2.24) is 5.32 Å². The smallest absolute Gasteiger partial charge is 0.293 e. The highest BCUT2D eigenvalue weighted by Crippen LogP contribution is 2.34. The van der Waals surface area contributed by atoms with Crippen LogP contribution in [0.15, 0.2) is 77.2 Å². The number of amides is 3. The molecule has 2 heterocycles. The van der Waals surface area contributed by atoms with Crippen LogP contribution in [0.2, 0.25) is 15.1 Å². The van der Waals surface area contributed by atoms with Gasteiger partial charge >= 0.3 is 0 Å². The lowest BCUT2D eigenvalue weighted by Crippen LogP contribution is -2.34. The van der Waals surface area contributed by atoms with E-state index >= 15 is 0 Å². The zero-order valence-electron chi connectivity index (χ0n) is 18.6. The monoisotopic (exact) mass is 569 g/mol. The van der Waals surface area contributed by atoms with Crippen molar-refractivity contribution in [2.75, 3.05) is 10.2 Å². The highest BCUT2D eigenvalue weighted by Gasteiger charge is 2.36. The molecule has 1 aromatic heterocycles.